The molecule has 1 aromatic carbocycles. The van der Waals surface area contributed by atoms with Gasteiger partial charge < -0.3 is 0 Å². The van der Waals surface area contributed by atoms with Gasteiger partial charge in [0.1, 0.15) is 13.5 Å². The molecule has 0 aliphatic carbocycles. The quantitative estimate of drug-likeness (QED) is 0.396. The van der Waals surface area contributed by atoms with Crippen molar-refractivity contribution in [1.29, 1.82) is 0 Å². The van der Waals surface area contributed by atoms with Crippen molar-refractivity contribution >= 4 is 19.0 Å². The van der Waals surface area contributed by atoms with Gasteiger partial charge >= 0.3 is 0 Å². The fourth-order valence-corrected chi connectivity index (χ4v) is 0.582. The molecule has 0 aliphatic rings. The average molecular weight is 117 g/mol. The van der Waals surface area contributed by atoms with Gasteiger partial charge in [-0.1, -0.05) is 17.6 Å². The topological polar surface area (TPSA) is 29.4 Å². The average Bonchev–Trinajstić information content (AvgIpc) is 1.88. The zero-order valence-corrected chi connectivity index (χ0v) is 4.74. The van der Waals surface area contributed by atoms with Crippen molar-refractivity contribution in [2.45, 2.75) is 0 Å². The Hall–Kier alpha value is -1.12. The third kappa shape index (κ3) is 1.39. The lowest BCUT2D eigenvalue weighted by Crippen LogP contribution is -1.98. The number of rotatable bonds is 1. The Morgan fingerprint density at radius 1 is 1.44 bits per heavy atom. The molecule has 1 rings (SSSR count). The second-order valence-corrected chi connectivity index (χ2v) is 1.69. The zero-order valence-electron chi connectivity index (χ0n) is 4.74. The number of benzene rings is 1. The summed E-state index contributed by atoms with van der Waals surface area (Å²) in [5.41, 5.74) is 0.933. The van der Waals surface area contributed by atoms with Crippen LogP contribution in [0.25, 0.3) is 0 Å². The first kappa shape index (κ1) is 6.01. The van der Waals surface area contributed by atoms with Crippen LogP contribution in [-0.4, -0.2) is 7.85 Å². The van der Waals surface area contributed by atoms with E-state index >= 15 is 0 Å². The second kappa shape index (κ2) is 2.44. The Kier molecular flexibility index (Phi) is 1.63. The van der Waals surface area contributed by atoms with Crippen molar-refractivity contribution < 1.29 is 0 Å². The first-order valence-corrected chi connectivity index (χ1v) is 2.52. The maximum absolute atomic E-state index is 9.85. The van der Waals surface area contributed by atoms with Crippen LogP contribution in [0.15, 0.2) is 29.4 Å². The highest BCUT2D eigenvalue weighted by molar-refractivity contribution is 6.32. The predicted octanol–water partition coefficient (Wildman–Crippen LogP) is 0.878. The van der Waals surface area contributed by atoms with Crippen LogP contribution in [0.2, 0.25) is 0 Å². The van der Waals surface area contributed by atoms with E-state index in [0.717, 1.165) is 0 Å². The summed E-state index contributed by atoms with van der Waals surface area (Å²) in [5.74, 6) is 0. The van der Waals surface area contributed by atoms with Gasteiger partial charge in [0.2, 0.25) is 0 Å². The molecule has 0 bridgehead atoms. The molecule has 0 saturated carbocycles. The van der Waals surface area contributed by atoms with E-state index < -0.39 is 0 Å². The van der Waals surface area contributed by atoms with Crippen molar-refractivity contribution in [2.24, 2.45) is 5.18 Å². The molecule has 0 unspecified atom stereocenters. The Morgan fingerprint density at radius 2 is 2.22 bits per heavy atom. The summed E-state index contributed by atoms with van der Waals surface area (Å²) in [6, 6.07) is 6.51. The molecule has 2 radical (unpaired) electrons. The molecule has 0 aromatic heterocycles. The van der Waals surface area contributed by atoms with Gasteiger partial charge in [0.05, 0.1) is 0 Å². The fraction of sp³-hybridized carbons (Fsp3) is 0. The van der Waals surface area contributed by atoms with E-state index in [4.69, 9.17) is 7.85 Å². The molecule has 0 N–H and O–H groups in total. The van der Waals surface area contributed by atoms with E-state index in [1.807, 2.05) is 0 Å². The van der Waals surface area contributed by atoms with Gasteiger partial charge in [-0.3, -0.25) is 0 Å². The van der Waals surface area contributed by atoms with Gasteiger partial charge in [0, 0.05) is 0 Å². The first-order chi connectivity index (χ1) is 4.33. The SMILES string of the molecule is [B]c1cccc(N=O)c1. The van der Waals surface area contributed by atoms with Gasteiger partial charge in [-0.2, -0.15) is 0 Å². The van der Waals surface area contributed by atoms with E-state index in [1.54, 1.807) is 18.2 Å². The summed E-state index contributed by atoms with van der Waals surface area (Å²) in [5, 5.41) is 2.70. The van der Waals surface area contributed by atoms with Gasteiger partial charge in [-0.15, -0.1) is 4.91 Å². The van der Waals surface area contributed by atoms with Crippen LogP contribution in [0, 0.1) is 4.91 Å². The molecule has 3 heteroatoms. The normalized spacial score (nSPS) is 8.89. The lowest BCUT2D eigenvalue weighted by Gasteiger charge is -1.89. The van der Waals surface area contributed by atoms with Crippen molar-refractivity contribution in [3.05, 3.63) is 29.2 Å². The molecule has 1 aromatic rings. The third-order valence-corrected chi connectivity index (χ3v) is 0.976. The second-order valence-electron chi connectivity index (χ2n) is 1.69. The fourth-order valence-electron chi connectivity index (χ4n) is 0.582. The number of nitrogens with zero attached hydrogens (tertiary/aromatic N) is 1. The van der Waals surface area contributed by atoms with Crippen LogP contribution in [0.4, 0.5) is 5.69 Å². The summed E-state index contributed by atoms with van der Waals surface area (Å²) in [6.45, 7) is 0. The van der Waals surface area contributed by atoms with E-state index in [-0.39, 0.29) is 0 Å². The standard InChI is InChI=1S/C6H4BNO/c7-5-2-1-3-6(4-5)8-9/h1-4H. The lowest BCUT2D eigenvalue weighted by atomic mass is 9.96. The minimum absolute atomic E-state index is 0.370. The molecule has 0 fully saturated rings. The van der Waals surface area contributed by atoms with Crippen molar-refractivity contribution in [1.82, 2.24) is 0 Å². The Labute approximate surface area is 54.3 Å². The van der Waals surface area contributed by atoms with Gasteiger partial charge in [0.15, 0.2) is 0 Å². The highest BCUT2D eigenvalue weighted by Crippen LogP contribution is 2.05. The van der Waals surface area contributed by atoms with Gasteiger partial charge in [-0.05, 0) is 17.3 Å². The molecule has 0 aliphatic heterocycles. The molecular formula is C6H4BNO. The third-order valence-electron chi connectivity index (χ3n) is 0.976. The summed E-state index contributed by atoms with van der Waals surface area (Å²) >= 11 is 0. The molecule has 9 heavy (non-hydrogen) atoms. The molecule has 0 heterocycles. The Balaban J connectivity index is 3.07. The van der Waals surface area contributed by atoms with E-state index in [9.17, 15) is 4.91 Å². The van der Waals surface area contributed by atoms with Crippen LogP contribution in [0.5, 0.6) is 0 Å². The van der Waals surface area contributed by atoms with Crippen LogP contribution in [-0.2, 0) is 0 Å². The molecule has 42 valence electrons. The zero-order chi connectivity index (χ0) is 6.69. The maximum atomic E-state index is 9.85. The molecule has 0 amide bonds. The van der Waals surface area contributed by atoms with Crippen LogP contribution in [0.3, 0.4) is 0 Å². The van der Waals surface area contributed by atoms with E-state index in [2.05, 4.69) is 5.18 Å². The van der Waals surface area contributed by atoms with Gasteiger partial charge in [0.25, 0.3) is 0 Å². The van der Waals surface area contributed by atoms with Crippen LogP contribution < -0.4 is 5.46 Å². The van der Waals surface area contributed by atoms with Gasteiger partial charge in [-0.25, -0.2) is 0 Å². The summed E-state index contributed by atoms with van der Waals surface area (Å²) in [6.07, 6.45) is 0. The highest BCUT2D eigenvalue weighted by Gasteiger charge is 1.87. The minimum Gasteiger partial charge on any atom is -0.145 e. The van der Waals surface area contributed by atoms with Crippen molar-refractivity contribution in [3.8, 4) is 0 Å². The summed E-state index contributed by atoms with van der Waals surface area (Å²) in [4.78, 5) is 9.85. The van der Waals surface area contributed by atoms with E-state index in [0.29, 0.717) is 11.2 Å². The summed E-state index contributed by atoms with van der Waals surface area (Å²) < 4.78 is 0. The monoisotopic (exact) mass is 117 g/mol. The van der Waals surface area contributed by atoms with E-state index in [1.165, 1.54) is 6.07 Å². The smallest absolute Gasteiger partial charge is 0.113 e. The minimum atomic E-state index is 0.370. The Morgan fingerprint density at radius 3 is 2.67 bits per heavy atom. The molecule has 0 atom stereocenters. The molecule has 2 nitrogen and oxygen atoms in total. The number of hydrogen-bond donors (Lipinski definition) is 0. The number of hydrogen-bond acceptors (Lipinski definition) is 2. The molecule has 0 saturated heterocycles. The van der Waals surface area contributed by atoms with Crippen LogP contribution in [0.1, 0.15) is 0 Å². The Bertz CT molecular complexity index is 224. The van der Waals surface area contributed by atoms with Crippen LogP contribution >= 0.6 is 0 Å². The highest BCUT2D eigenvalue weighted by atomic mass is 16.3. The largest absolute Gasteiger partial charge is 0.145 e. The lowest BCUT2D eigenvalue weighted by molar-refractivity contribution is 1.51. The van der Waals surface area contributed by atoms with Crippen molar-refractivity contribution in [3.63, 3.8) is 0 Å². The molecular weight excluding hydrogens is 113 g/mol. The molecule has 0 spiro atoms. The number of nitroso groups, excluding NO2 is 1. The summed E-state index contributed by atoms with van der Waals surface area (Å²) in [7, 11) is 5.34. The maximum Gasteiger partial charge on any atom is 0.113 e. The van der Waals surface area contributed by atoms with Crippen molar-refractivity contribution in [2.75, 3.05) is 0 Å². The first-order valence-electron chi connectivity index (χ1n) is 2.52. The predicted molar refractivity (Wildman–Crippen MR) is 37.3 cm³/mol.